The normalized spacial score (nSPS) is 10.4. The summed E-state index contributed by atoms with van der Waals surface area (Å²) in [7, 11) is 0. The third kappa shape index (κ3) is 4.39. The van der Waals surface area contributed by atoms with Gasteiger partial charge in [0.25, 0.3) is 5.91 Å². The van der Waals surface area contributed by atoms with Crippen molar-refractivity contribution in [2.45, 2.75) is 13.8 Å². The van der Waals surface area contributed by atoms with Gasteiger partial charge in [-0.25, -0.2) is 0 Å². The van der Waals surface area contributed by atoms with Crippen LogP contribution < -0.4 is 10.6 Å². The number of amides is 2. The minimum Gasteiger partial charge on any atom is -0.353 e. The summed E-state index contributed by atoms with van der Waals surface area (Å²) in [6.07, 6.45) is 3.05. The predicted octanol–water partition coefficient (Wildman–Crippen LogP) is 0.477. The molecule has 0 fully saturated rings. The molecule has 0 aliphatic heterocycles. The van der Waals surface area contributed by atoms with E-state index < -0.39 is 5.41 Å². The van der Waals surface area contributed by atoms with E-state index in [1.807, 2.05) is 6.07 Å². The second-order valence-electron chi connectivity index (χ2n) is 4.49. The van der Waals surface area contributed by atoms with Gasteiger partial charge in [-0.3, -0.25) is 14.6 Å². The zero-order valence-electron chi connectivity index (χ0n) is 10.9. The highest BCUT2D eigenvalue weighted by Gasteiger charge is 2.26. The Labute approximate surface area is 111 Å². The quantitative estimate of drug-likeness (QED) is 0.753. The van der Waals surface area contributed by atoms with Crippen molar-refractivity contribution in [2.75, 3.05) is 13.1 Å². The topological polar surface area (TPSA) is 94.9 Å². The van der Waals surface area contributed by atoms with Crippen LogP contribution in [0.5, 0.6) is 0 Å². The lowest BCUT2D eigenvalue weighted by Crippen LogP contribution is -2.40. The lowest BCUT2D eigenvalue weighted by molar-refractivity contribution is -0.126. The van der Waals surface area contributed by atoms with Crippen LogP contribution in [0.25, 0.3) is 0 Å². The number of rotatable bonds is 5. The monoisotopic (exact) mass is 260 g/mol. The molecule has 1 rings (SSSR count). The van der Waals surface area contributed by atoms with Crippen molar-refractivity contribution in [3.05, 3.63) is 30.1 Å². The highest BCUT2D eigenvalue weighted by molar-refractivity contribution is 5.93. The van der Waals surface area contributed by atoms with Crippen LogP contribution in [0.4, 0.5) is 0 Å². The van der Waals surface area contributed by atoms with Crippen molar-refractivity contribution in [3.63, 3.8) is 0 Å². The fraction of sp³-hybridized carbons (Fsp3) is 0.385. The van der Waals surface area contributed by atoms with Gasteiger partial charge in [-0.1, -0.05) is 0 Å². The Morgan fingerprint density at radius 3 is 2.63 bits per heavy atom. The van der Waals surface area contributed by atoms with Gasteiger partial charge in [-0.15, -0.1) is 0 Å². The molecule has 0 unspecified atom stereocenters. The van der Waals surface area contributed by atoms with Crippen molar-refractivity contribution in [3.8, 4) is 6.07 Å². The van der Waals surface area contributed by atoms with Gasteiger partial charge in [0, 0.05) is 25.5 Å². The number of hydrogen-bond acceptors (Lipinski definition) is 4. The molecule has 0 aliphatic carbocycles. The number of nitriles is 1. The molecule has 0 aliphatic rings. The smallest absolute Gasteiger partial charge is 0.252 e. The van der Waals surface area contributed by atoms with Gasteiger partial charge >= 0.3 is 0 Å². The minimum absolute atomic E-state index is 0.248. The van der Waals surface area contributed by atoms with E-state index in [0.29, 0.717) is 12.1 Å². The van der Waals surface area contributed by atoms with Gasteiger partial charge in [0.15, 0.2) is 0 Å². The summed E-state index contributed by atoms with van der Waals surface area (Å²) < 4.78 is 0. The van der Waals surface area contributed by atoms with Gasteiger partial charge < -0.3 is 10.6 Å². The van der Waals surface area contributed by atoms with Gasteiger partial charge in [0.05, 0.1) is 11.6 Å². The third-order valence-electron chi connectivity index (χ3n) is 2.47. The van der Waals surface area contributed by atoms with Crippen molar-refractivity contribution in [1.29, 1.82) is 5.26 Å². The largest absolute Gasteiger partial charge is 0.353 e. The van der Waals surface area contributed by atoms with Crippen molar-refractivity contribution in [1.82, 2.24) is 15.6 Å². The molecule has 0 radical (unpaired) electrons. The van der Waals surface area contributed by atoms with E-state index in [9.17, 15) is 9.59 Å². The summed E-state index contributed by atoms with van der Waals surface area (Å²) in [5.74, 6) is -0.604. The Morgan fingerprint density at radius 2 is 2.05 bits per heavy atom. The number of carbonyl (C=O) groups excluding carboxylic acids is 2. The number of nitrogens with one attached hydrogen (secondary N) is 2. The minimum atomic E-state index is -1.06. The van der Waals surface area contributed by atoms with Gasteiger partial charge in [-0.05, 0) is 26.0 Å². The molecule has 0 spiro atoms. The Bertz CT molecular complexity index is 491. The summed E-state index contributed by atoms with van der Waals surface area (Å²) in [6, 6.07) is 5.23. The van der Waals surface area contributed by atoms with E-state index in [0.717, 1.165) is 0 Å². The van der Waals surface area contributed by atoms with Crippen LogP contribution >= 0.6 is 0 Å². The SMILES string of the molecule is CC(C)(C#N)C(=O)NCCNC(=O)c1cccnc1. The van der Waals surface area contributed by atoms with Gasteiger partial charge in [0.1, 0.15) is 5.41 Å². The molecule has 2 N–H and O–H groups in total. The fourth-order valence-electron chi connectivity index (χ4n) is 1.22. The first kappa shape index (κ1) is 14.6. The van der Waals surface area contributed by atoms with E-state index in [2.05, 4.69) is 15.6 Å². The van der Waals surface area contributed by atoms with Crippen molar-refractivity contribution >= 4 is 11.8 Å². The molecule has 0 bridgehead atoms. The highest BCUT2D eigenvalue weighted by atomic mass is 16.2. The fourth-order valence-corrected chi connectivity index (χ4v) is 1.22. The summed E-state index contributed by atoms with van der Waals surface area (Å²) in [4.78, 5) is 27.0. The molecule has 1 aromatic heterocycles. The predicted molar refractivity (Wildman–Crippen MR) is 69.0 cm³/mol. The summed E-state index contributed by atoms with van der Waals surface area (Å²) in [5, 5.41) is 14.0. The molecule has 0 saturated carbocycles. The Kier molecular flexibility index (Phi) is 5.01. The highest BCUT2D eigenvalue weighted by Crippen LogP contribution is 2.11. The molecule has 1 aromatic rings. The Balaban J connectivity index is 2.31. The van der Waals surface area contributed by atoms with Crippen LogP contribution in [-0.4, -0.2) is 29.9 Å². The first-order valence-electron chi connectivity index (χ1n) is 5.85. The number of nitrogens with zero attached hydrogens (tertiary/aromatic N) is 2. The second kappa shape index (κ2) is 6.50. The number of aromatic nitrogens is 1. The molecule has 0 atom stereocenters. The first-order chi connectivity index (χ1) is 8.97. The lowest BCUT2D eigenvalue weighted by atomic mass is 9.95. The zero-order chi connectivity index (χ0) is 14.3. The molecule has 0 saturated heterocycles. The van der Waals surface area contributed by atoms with Gasteiger partial charge in [0.2, 0.25) is 5.91 Å². The maximum atomic E-state index is 11.6. The van der Waals surface area contributed by atoms with Crippen molar-refractivity contribution in [2.24, 2.45) is 5.41 Å². The molecule has 0 aromatic carbocycles. The number of pyridine rings is 1. The first-order valence-corrected chi connectivity index (χ1v) is 5.85. The van der Waals surface area contributed by atoms with E-state index in [4.69, 9.17) is 5.26 Å². The maximum Gasteiger partial charge on any atom is 0.252 e. The summed E-state index contributed by atoms with van der Waals surface area (Å²) >= 11 is 0. The van der Waals surface area contributed by atoms with Crippen LogP contribution in [0.15, 0.2) is 24.5 Å². The summed E-state index contributed by atoms with van der Waals surface area (Å²) in [5.41, 5.74) is -0.598. The van der Waals surface area contributed by atoms with Crippen molar-refractivity contribution < 1.29 is 9.59 Å². The van der Waals surface area contributed by atoms with Crippen LogP contribution in [-0.2, 0) is 4.79 Å². The second-order valence-corrected chi connectivity index (χ2v) is 4.49. The number of hydrogen-bond donors (Lipinski definition) is 2. The molecular formula is C13H16N4O2. The molecular weight excluding hydrogens is 244 g/mol. The standard InChI is InChI=1S/C13H16N4O2/c1-13(2,9-14)12(19)17-7-6-16-11(18)10-4-3-5-15-8-10/h3-5,8H,6-7H2,1-2H3,(H,16,18)(H,17,19). The summed E-state index contributed by atoms with van der Waals surface area (Å²) in [6.45, 7) is 3.64. The van der Waals surface area contributed by atoms with Gasteiger partial charge in [-0.2, -0.15) is 5.26 Å². The van der Waals surface area contributed by atoms with E-state index in [-0.39, 0.29) is 18.4 Å². The average molecular weight is 260 g/mol. The molecule has 19 heavy (non-hydrogen) atoms. The molecule has 100 valence electrons. The van der Waals surface area contributed by atoms with E-state index in [1.54, 1.807) is 18.3 Å². The Hall–Kier alpha value is -2.42. The van der Waals surface area contributed by atoms with E-state index >= 15 is 0 Å². The maximum absolute atomic E-state index is 11.6. The molecule has 2 amide bonds. The lowest BCUT2D eigenvalue weighted by Gasteiger charge is -2.15. The van der Waals surface area contributed by atoms with Crippen LogP contribution in [0.1, 0.15) is 24.2 Å². The zero-order valence-corrected chi connectivity index (χ0v) is 10.9. The van der Waals surface area contributed by atoms with Crippen LogP contribution in [0.3, 0.4) is 0 Å². The average Bonchev–Trinajstić information content (AvgIpc) is 2.43. The van der Waals surface area contributed by atoms with Crippen LogP contribution in [0, 0.1) is 16.7 Å². The number of carbonyl (C=O) groups is 2. The molecule has 1 heterocycles. The van der Waals surface area contributed by atoms with Crippen LogP contribution in [0.2, 0.25) is 0 Å². The Morgan fingerprint density at radius 1 is 1.37 bits per heavy atom. The molecule has 6 nitrogen and oxygen atoms in total. The molecule has 6 heteroatoms. The third-order valence-corrected chi connectivity index (χ3v) is 2.47. The van der Waals surface area contributed by atoms with E-state index in [1.165, 1.54) is 20.0 Å².